The van der Waals surface area contributed by atoms with Gasteiger partial charge < -0.3 is 5.11 Å². The SMILES string of the molecule is C[C@H]1CCCN(Cc2cc(C(F)(F)F)c3cn(-c4cccc([C@]5(C6NNCN6C)C[C@H](O)C5)c4)c(=O)n3c2)C1. The summed E-state index contributed by atoms with van der Waals surface area (Å²) in [6.07, 6.45) is 0.970. The Balaban J connectivity index is 1.41. The van der Waals surface area contributed by atoms with Crippen molar-refractivity contribution in [3.8, 4) is 5.69 Å². The van der Waals surface area contributed by atoms with E-state index >= 15 is 0 Å². The summed E-state index contributed by atoms with van der Waals surface area (Å²) in [5.74, 6) is 0.496. The van der Waals surface area contributed by atoms with Gasteiger partial charge in [-0.2, -0.15) is 13.2 Å². The zero-order chi connectivity index (χ0) is 27.5. The number of alkyl halides is 3. The van der Waals surface area contributed by atoms with Gasteiger partial charge in [-0.1, -0.05) is 19.1 Å². The fourth-order valence-electron chi connectivity index (χ4n) is 6.82. The van der Waals surface area contributed by atoms with Crippen LogP contribution in [0.25, 0.3) is 11.2 Å². The lowest BCUT2D eigenvalue weighted by Gasteiger charge is -2.51. The van der Waals surface area contributed by atoms with Crippen molar-refractivity contribution in [3.05, 3.63) is 69.9 Å². The van der Waals surface area contributed by atoms with Crippen molar-refractivity contribution >= 4 is 5.52 Å². The van der Waals surface area contributed by atoms with Gasteiger partial charge in [-0.15, -0.1) is 0 Å². The highest BCUT2D eigenvalue weighted by atomic mass is 19.4. The second kappa shape index (κ2) is 9.74. The molecule has 3 fully saturated rings. The molecule has 3 aromatic rings. The number of fused-ring (bicyclic) bond motifs is 1. The second-order valence-electron chi connectivity index (χ2n) is 11.7. The average molecular weight is 545 g/mol. The van der Waals surface area contributed by atoms with Crippen LogP contribution in [0.1, 0.15) is 49.3 Å². The van der Waals surface area contributed by atoms with Gasteiger partial charge in [0.25, 0.3) is 0 Å². The molecule has 1 unspecified atom stereocenters. The first-order valence-corrected chi connectivity index (χ1v) is 13.6. The Morgan fingerprint density at radius 1 is 1.18 bits per heavy atom. The van der Waals surface area contributed by atoms with Gasteiger partial charge in [0.1, 0.15) is 0 Å². The highest BCUT2D eigenvalue weighted by molar-refractivity contribution is 5.58. The summed E-state index contributed by atoms with van der Waals surface area (Å²) in [7, 11) is 1.99. The van der Waals surface area contributed by atoms with Gasteiger partial charge in [-0.3, -0.25) is 18.8 Å². The van der Waals surface area contributed by atoms with Crippen LogP contribution in [0.2, 0.25) is 0 Å². The molecule has 0 radical (unpaired) electrons. The molecule has 2 atom stereocenters. The molecule has 39 heavy (non-hydrogen) atoms. The molecule has 3 aliphatic rings. The topological polar surface area (TPSA) is 77.2 Å². The highest BCUT2D eigenvalue weighted by Gasteiger charge is 2.53. The molecule has 0 bridgehead atoms. The van der Waals surface area contributed by atoms with Crippen LogP contribution in [0.15, 0.2) is 47.5 Å². The maximum absolute atomic E-state index is 14.2. The lowest BCUT2D eigenvalue weighted by molar-refractivity contribution is -0.136. The van der Waals surface area contributed by atoms with E-state index in [-0.39, 0.29) is 11.7 Å². The number of rotatable bonds is 5. The Morgan fingerprint density at radius 3 is 2.64 bits per heavy atom. The summed E-state index contributed by atoms with van der Waals surface area (Å²) in [4.78, 5) is 17.9. The number of imidazole rings is 1. The molecule has 1 aromatic carbocycles. The Kier molecular flexibility index (Phi) is 6.62. The summed E-state index contributed by atoms with van der Waals surface area (Å²) in [6, 6.07) is 8.57. The largest absolute Gasteiger partial charge is 0.418 e. The quantitative estimate of drug-likeness (QED) is 0.459. The number of likely N-dealkylation sites (N-methyl/N-ethyl adjacent to an activating group) is 1. The van der Waals surface area contributed by atoms with Gasteiger partial charge in [-0.05, 0) is 74.5 Å². The first kappa shape index (κ1) is 26.5. The van der Waals surface area contributed by atoms with Crippen molar-refractivity contribution in [2.24, 2.45) is 5.92 Å². The van der Waals surface area contributed by atoms with E-state index in [1.165, 1.54) is 16.8 Å². The molecular weight excluding hydrogens is 509 g/mol. The van der Waals surface area contributed by atoms with Crippen molar-refractivity contribution in [2.75, 3.05) is 26.8 Å². The van der Waals surface area contributed by atoms with Gasteiger partial charge in [-0.25, -0.2) is 15.6 Å². The number of hydrogen-bond acceptors (Lipinski definition) is 6. The van der Waals surface area contributed by atoms with Crippen LogP contribution in [0.3, 0.4) is 0 Å². The van der Waals surface area contributed by atoms with Gasteiger partial charge in [0.2, 0.25) is 0 Å². The lowest BCUT2D eigenvalue weighted by Crippen LogP contribution is -2.60. The number of hydrogen-bond donors (Lipinski definition) is 3. The Hall–Kier alpha value is -2.70. The maximum atomic E-state index is 14.2. The minimum Gasteiger partial charge on any atom is -0.393 e. The van der Waals surface area contributed by atoms with Crippen LogP contribution >= 0.6 is 0 Å². The van der Waals surface area contributed by atoms with Crippen LogP contribution in [0.5, 0.6) is 0 Å². The van der Waals surface area contributed by atoms with Crippen molar-refractivity contribution in [3.63, 3.8) is 0 Å². The molecule has 8 nitrogen and oxygen atoms in total. The first-order chi connectivity index (χ1) is 18.5. The highest BCUT2D eigenvalue weighted by Crippen LogP contribution is 2.48. The predicted molar refractivity (Wildman–Crippen MR) is 141 cm³/mol. The van der Waals surface area contributed by atoms with Gasteiger partial charge in [0, 0.05) is 30.9 Å². The minimum atomic E-state index is -4.60. The van der Waals surface area contributed by atoms with E-state index in [9.17, 15) is 23.1 Å². The van der Waals surface area contributed by atoms with E-state index in [1.54, 1.807) is 12.3 Å². The van der Waals surface area contributed by atoms with E-state index in [0.717, 1.165) is 35.9 Å². The van der Waals surface area contributed by atoms with Gasteiger partial charge in [0.05, 0.1) is 35.7 Å². The summed E-state index contributed by atoms with van der Waals surface area (Å²) in [5.41, 5.74) is 6.42. The van der Waals surface area contributed by atoms with Crippen LogP contribution in [-0.2, 0) is 18.1 Å². The number of benzene rings is 1. The molecule has 6 rings (SSSR count). The summed E-state index contributed by atoms with van der Waals surface area (Å²) < 4.78 is 45.1. The number of aliphatic hydroxyl groups excluding tert-OH is 1. The monoisotopic (exact) mass is 544 g/mol. The fraction of sp³-hybridized carbons (Fsp3) is 0.536. The zero-order valence-electron chi connectivity index (χ0n) is 22.2. The fourth-order valence-corrected chi connectivity index (χ4v) is 6.82. The van der Waals surface area contributed by atoms with E-state index in [1.807, 2.05) is 25.2 Å². The molecule has 0 amide bonds. The molecule has 2 aromatic heterocycles. The lowest BCUT2D eigenvalue weighted by atomic mass is 9.60. The summed E-state index contributed by atoms with van der Waals surface area (Å²) in [5, 5.41) is 10.2. The van der Waals surface area contributed by atoms with Crippen LogP contribution in [0.4, 0.5) is 13.2 Å². The number of aromatic nitrogens is 2. The van der Waals surface area contributed by atoms with E-state index in [0.29, 0.717) is 43.2 Å². The number of nitrogens with one attached hydrogen (secondary N) is 2. The molecule has 2 saturated heterocycles. The van der Waals surface area contributed by atoms with Crippen molar-refractivity contribution in [1.82, 2.24) is 29.6 Å². The summed E-state index contributed by atoms with van der Waals surface area (Å²) >= 11 is 0. The molecule has 2 aliphatic heterocycles. The molecule has 210 valence electrons. The third-order valence-electron chi connectivity index (χ3n) is 8.71. The van der Waals surface area contributed by atoms with Crippen molar-refractivity contribution < 1.29 is 18.3 Å². The number of halogens is 3. The normalized spacial score (nSPS) is 28.7. The van der Waals surface area contributed by atoms with Crippen molar-refractivity contribution in [1.29, 1.82) is 0 Å². The standard InChI is InChI=1S/C28H35F3N6O2/c1-18-5-4-8-35(13-18)14-19-9-23(28(29,30)31)24-16-36(26(39)37(24)15-19)21-7-3-6-20(10-21)27(11-22(38)12-27)25-33-32-17-34(25)2/h3,6-7,9-10,15-16,18,22,25,32-33,38H,4-5,8,11-14,17H2,1-2H3/t18-,22-,25?,27-/m0/s1. The number of likely N-dealkylation sites (tertiary alicyclic amines) is 1. The number of nitrogens with zero attached hydrogens (tertiary/aromatic N) is 4. The van der Waals surface area contributed by atoms with Crippen LogP contribution in [-0.4, -0.2) is 62.9 Å². The molecule has 1 saturated carbocycles. The molecule has 4 heterocycles. The maximum Gasteiger partial charge on any atom is 0.418 e. The average Bonchev–Trinajstić information content (AvgIpc) is 3.44. The summed E-state index contributed by atoms with van der Waals surface area (Å²) in [6.45, 7) is 4.84. The third kappa shape index (κ3) is 4.70. The first-order valence-electron chi connectivity index (χ1n) is 13.6. The van der Waals surface area contributed by atoms with E-state index < -0.39 is 28.9 Å². The third-order valence-corrected chi connectivity index (χ3v) is 8.71. The molecule has 11 heteroatoms. The minimum absolute atomic E-state index is 0.0714. The van der Waals surface area contributed by atoms with Crippen LogP contribution < -0.4 is 16.5 Å². The van der Waals surface area contributed by atoms with Crippen LogP contribution in [0, 0.1) is 5.92 Å². The Labute approximate surface area is 225 Å². The number of piperidine rings is 1. The van der Waals surface area contributed by atoms with E-state index in [4.69, 9.17) is 0 Å². The zero-order valence-corrected chi connectivity index (χ0v) is 22.2. The second-order valence-corrected chi connectivity index (χ2v) is 11.7. The molecule has 0 spiro atoms. The smallest absolute Gasteiger partial charge is 0.393 e. The number of hydrazine groups is 1. The predicted octanol–water partition coefficient (Wildman–Crippen LogP) is 3.06. The Morgan fingerprint density at radius 2 is 1.97 bits per heavy atom. The van der Waals surface area contributed by atoms with Gasteiger partial charge in [0.15, 0.2) is 0 Å². The van der Waals surface area contributed by atoms with E-state index in [2.05, 4.69) is 27.6 Å². The number of aliphatic hydroxyl groups is 1. The number of pyridine rings is 1. The molecule has 3 N–H and O–H groups in total. The molecule has 1 aliphatic carbocycles. The molecular formula is C28H35F3N6O2. The Bertz CT molecular complexity index is 1430. The van der Waals surface area contributed by atoms with Crippen molar-refractivity contribution in [2.45, 2.75) is 63.0 Å². The van der Waals surface area contributed by atoms with Gasteiger partial charge >= 0.3 is 11.9 Å².